The molecule has 1 saturated heterocycles. The molecule has 6 heteroatoms. The second kappa shape index (κ2) is 8.50. The highest BCUT2D eigenvalue weighted by Gasteiger charge is 2.18. The van der Waals surface area contributed by atoms with Gasteiger partial charge in [-0.2, -0.15) is 0 Å². The molecule has 1 aliphatic rings. The number of piperidine rings is 1. The fourth-order valence-electron chi connectivity index (χ4n) is 3.44. The summed E-state index contributed by atoms with van der Waals surface area (Å²) in [5.74, 6) is 3.08. The summed E-state index contributed by atoms with van der Waals surface area (Å²) in [6, 6.07) is 14.1. The highest BCUT2D eigenvalue weighted by molar-refractivity contribution is 5.52. The van der Waals surface area contributed by atoms with Gasteiger partial charge in [0.15, 0.2) is 17.4 Å². The Labute approximate surface area is 159 Å². The molecule has 0 atom stereocenters. The van der Waals surface area contributed by atoms with Crippen LogP contribution in [0.4, 0.5) is 0 Å². The number of nitrogens with zero attached hydrogens (tertiary/aromatic N) is 4. The molecule has 1 aliphatic heterocycles. The molecule has 0 radical (unpaired) electrons. The Kier molecular flexibility index (Phi) is 5.65. The van der Waals surface area contributed by atoms with E-state index in [0.717, 1.165) is 36.8 Å². The minimum atomic E-state index is 0.394. The molecule has 4 rings (SSSR count). The van der Waals surface area contributed by atoms with E-state index in [-0.39, 0.29) is 0 Å². The summed E-state index contributed by atoms with van der Waals surface area (Å²) in [6.07, 6.45) is 3.88. The summed E-state index contributed by atoms with van der Waals surface area (Å²) in [5, 5.41) is 4.63. The van der Waals surface area contributed by atoms with E-state index in [4.69, 9.17) is 9.15 Å². The van der Waals surface area contributed by atoms with Crippen LogP contribution in [-0.2, 0) is 17.9 Å². The van der Waals surface area contributed by atoms with Crippen molar-refractivity contribution in [3.05, 3.63) is 54.0 Å². The van der Waals surface area contributed by atoms with E-state index >= 15 is 0 Å². The van der Waals surface area contributed by atoms with E-state index in [2.05, 4.69) is 21.0 Å². The van der Waals surface area contributed by atoms with Gasteiger partial charge in [0, 0.05) is 6.61 Å². The van der Waals surface area contributed by atoms with Crippen molar-refractivity contribution in [2.24, 2.45) is 0 Å². The van der Waals surface area contributed by atoms with Crippen molar-refractivity contribution >= 4 is 0 Å². The first-order chi connectivity index (χ1) is 13.3. The van der Waals surface area contributed by atoms with Crippen LogP contribution < -0.4 is 0 Å². The number of ether oxygens (including phenoxy) is 1. The number of rotatable bonds is 7. The van der Waals surface area contributed by atoms with Gasteiger partial charge in [-0.15, -0.1) is 5.10 Å². The summed E-state index contributed by atoms with van der Waals surface area (Å²) >= 11 is 0. The maximum atomic E-state index is 6.15. The van der Waals surface area contributed by atoms with E-state index in [1.165, 1.54) is 19.3 Å². The Morgan fingerprint density at radius 1 is 1.04 bits per heavy atom. The number of hydrogen-bond acceptors (Lipinski definition) is 5. The predicted octanol–water partition coefficient (Wildman–Crippen LogP) is 4.05. The minimum Gasteiger partial charge on any atom is -0.456 e. The molecule has 3 aromatic rings. The highest BCUT2D eigenvalue weighted by atomic mass is 16.5. The van der Waals surface area contributed by atoms with Crippen LogP contribution in [0.15, 0.2) is 46.9 Å². The average molecular weight is 366 g/mol. The van der Waals surface area contributed by atoms with E-state index in [1.54, 1.807) is 0 Å². The Hall–Kier alpha value is -2.44. The third-order valence-electron chi connectivity index (χ3n) is 4.80. The molecular weight excluding hydrogens is 340 g/mol. The average Bonchev–Trinajstić information content (AvgIpc) is 3.35. The number of likely N-dealkylation sites (tertiary alicyclic amines) is 1. The zero-order valence-electron chi connectivity index (χ0n) is 15.8. The number of para-hydroxylation sites is 1. The van der Waals surface area contributed by atoms with Gasteiger partial charge in [-0.05, 0) is 57.1 Å². The number of benzene rings is 1. The van der Waals surface area contributed by atoms with Crippen LogP contribution >= 0.6 is 0 Å². The molecule has 0 bridgehead atoms. The summed E-state index contributed by atoms with van der Waals surface area (Å²) in [5.41, 5.74) is 0.955. The molecule has 0 aliphatic carbocycles. The second-order valence-corrected chi connectivity index (χ2v) is 6.84. The molecule has 0 amide bonds. The summed E-state index contributed by atoms with van der Waals surface area (Å²) in [7, 11) is 0. The maximum absolute atomic E-state index is 6.15. The molecule has 0 N–H and O–H groups in total. The van der Waals surface area contributed by atoms with Crippen LogP contribution in [0.25, 0.3) is 17.3 Å². The Balaban J connectivity index is 1.61. The molecule has 1 aromatic carbocycles. The lowest BCUT2D eigenvalue weighted by Crippen LogP contribution is -2.28. The molecule has 6 nitrogen and oxygen atoms in total. The van der Waals surface area contributed by atoms with Gasteiger partial charge in [0.25, 0.3) is 0 Å². The molecule has 0 saturated carbocycles. The smallest absolute Gasteiger partial charge is 0.199 e. The van der Waals surface area contributed by atoms with Crippen molar-refractivity contribution in [1.82, 2.24) is 19.7 Å². The van der Waals surface area contributed by atoms with Gasteiger partial charge in [0.2, 0.25) is 0 Å². The van der Waals surface area contributed by atoms with Gasteiger partial charge in [-0.3, -0.25) is 4.90 Å². The topological polar surface area (TPSA) is 56.3 Å². The molecule has 2 aromatic heterocycles. The summed E-state index contributed by atoms with van der Waals surface area (Å²) in [6.45, 7) is 6.14. The Morgan fingerprint density at radius 2 is 1.85 bits per heavy atom. The van der Waals surface area contributed by atoms with Crippen molar-refractivity contribution in [2.45, 2.75) is 39.3 Å². The van der Waals surface area contributed by atoms with Crippen LogP contribution in [0.1, 0.15) is 37.8 Å². The Morgan fingerprint density at radius 3 is 2.63 bits per heavy atom. The lowest BCUT2D eigenvalue weighted by atomic mass is 10.1. The van der Waals surface area contributed by atoms with Crippen LogP contribution in [0.3, 0.4) is 0 Å². The molecule has 142 valence electrons. The van der Waals surface area contributed by atoms with E-state index < -0.39 is 0 Å². The van der Waals surface area contributed by atoms with Crippen molar-refractivity contribution in [2.75, 3.05) is 19.7 Å². The van der Waals surface area contributed by atoms with Crippen molar-refractivity contribution in [1.29, 1.82) is 0 Å². The maximum Gasteiger partial charge on any atom is 0.199 e. The van der Waals surface area contributed by atoms with Crippen LogP contribution in [-0.4, -0.2) is 39.4 Å². The molecule has 27 heavy (non-hydrogen) atoms. The quantitative estimate of drug-likeness (QED) is 0.631. The lowest BCUT2D eigenvalue weighted by molar-refractivity contribution is 0.128. The first kappa shape index (κ1) is 17.9. The molecular formula is C21H26N4O2. The highest BCUT2D eigenvalue weighted by Crippen LogP contribution is 2.25. The molecule has 3 heterocycles. The van der Waals surface area contributed by atoms with Crippen LogP contribution in [0, 0.1) is 0 Å². The lowest BCUT2D eigenvalue weighted by Gasteiger charge is -2.25. The normalized spacial score (nSPS) is 15.3. The molecule has 1 fully saturated rings. The summed E-state index contributed by atoms with van der Waals surface area (Å²) in [4.78, 5) is 7.13. The number of furan rings is 1. The zero-order valence-corrected chi connectivity index (χ0v) is 15.8. The third kappa shape index (κ3) is 4.28. The monoisotopic (exact) mass is 366 g/mol. The fourth-order valence-corrected chi connectivity index (χ4v) is 3.44. The third-order valence-corrected chi connectivity index (χ3v) is 4.80. The Bertz CT molecular complexity index is 850. The first-order valence-electron chi connectivity index (χ1n) is 9.74. The number of hydrogen-bond donors (Lipinski definition) is 0. The summed E-state index contributed by atoms with van der Waals surface area (Å²) < 4.78 is 13.5. The predicted molar refractivity (Wildman–Crippen MR) is 104 cm³/mol. The van der Waals surface area contributed by atoms with Gasteiger partial charge in [0.1, 0.15) is 12.4 Å². The van der Waals surface area contributed by atoms with Crippen LogP contribution in [0.5, 0.6) is 0 Å². The zero-order chi connectivity index (χ0) is 18.5. The van der Waals surface area contributed by atoms with Crippen molar-refractivity contribution < 1.29 is 9.15 Å². The van der Waals surface area contributed by atoms with Gasteiger partial charge in [0.05, 0.1) is 12.2 Å². The van der Waals surface area contributed by atoms with Gasteiger partial charge in [-0.1, -0.05) is 24.6 Å². The number of aromatic nitrogens is 3. The SMILES string of the molecule is CCOCc1nc(-c2ccc(CN3CCCCC3)o2)n(-c2ccccc2)n1. The molecule has 0 unspecified atom stereocenters. The van der Waals surface area contributed by atoms with E-state index in [0.29, 0.717) is 24.9 Å². The van der Waals surface area contributed by atoms with E-state index in [1.807, 2.05) is 48.0 Å². The fraction of sp³-hybridized carbons (Fsp3) is 0.429. The van der Waals surface area contributed by atoms with Crippen molar-refractivity contribution in [3.8, 4) is 17.3 Å². The van der Waals surface area contributed by atoms with Gasteiger partial charge >= 0.3 is 0 Å². The first-order valence-corrected chi connectivity index (χ1v) is 9.74. The van der Waals surface area contributed by atoms with Gasteiger partial charge in [-0.25, -0.2) is 9.67 Å². The van der Waals surface area contributed by atoms with Crippen molar-refractivity contribution in [3.63, 3.8) is 0 Å². The van der Waals surface area contributed by atoms with Gasteiger partial charge < -0.3 is 9.15 Å². The van der Waals surface area contributed by atoms with Crippen LogP contribution in [0.2, 0.25) is 0 Å². The second-order valence-electron chi connectivity index (χ2n) is 6.84. The largest absolute Gasteiger partial charge is 0.456 e. The standard InChI is InChI=1S/C21H26N4O2/c1-2-26-16-20-22-21(25(23-20)17-9-5-3-6-10-17)19-12-11-18(27-19)15-24-13-7-4-8-14-24/h3,5-6,9-12H,2,4,7-8,13-16H2,1H3. The van der Waals surface area contributed by atoms with E-state index in [9.17, 15) is 0 Å². The molecule has 0 spiro atoms. The minimum absolute atomic E-state index is 0.394.